The van der Waals surface area contributed by atoms with E-state index < -0.39 is 30.2 Å². The largest absolute Gasteiger partial charge is 0.388 e. The van der Waals surface area contributed by atoms with Gasteiger partial charge in [-0.25, -0.2) is 4.98 Å². The van der Waals surface area contributed by atoms with Gasteiger partial charge in [0.15, 0.2) is 0 Å². The number of amides is 4. The Hall–Kier alpha value is -4.37. The van der Waals surface area contributed by atoms with E-state index in [2.05, 4.69) is 20.9 Å². The van der Waals surface area contributed by atoms with Crippen molar-refractivity contribution in [2.45, 2.75) is 110 Å². The van der Waals surface area contributed by atoms with Crippen LogP contribution >= 0.6 is 11.3 Å². The number of nitrogens with zero attached hydrogens (tertiary/aromatic N) is 4. The maximum Gasteiger partial charge on any atom is 0.242 e. The second kappa shape index (κ2) is 23.6. The van der Waals surface area contributed by atoms with E-state index in [1.54, 1.807) is 32.4 Å². The van der Waals surface area contributed by atoms with E-state index in [9.17, 15) is 19.2 Å². The van der Waals surface area contributed by atoms with Gasteiger partial charge in [-0.15, -0.1) is 11.3 Å². The van der Waals surface area contributed by atoms with Crippen LogP contribution in [0.2, 0.25) is 0 Å². The van der Waals surface area contributed by atoms with Gasteiger partial charge in [-0.3, -0.25) is 24.1 Å². The molecule has 3 aromatic rings. The number of hydrogen-bond acceptors (Lipinski definition) is 10. The second-order valence-corrected chi connectivity index (χ2v) is 17.5. The van der Waals surface area contributed by atoms with Gasteiger partial charge in [-0.2, -0.15) is 0 Å². The van der Waals surface area contributed by atoms with Gasteiger partial charge >= 0.3 is 0 Å². The lowest BCUT2D eigenvalue weighted by molar-refractivity contribution is -0.146. The van der Waals surface area contributed by atoms with E-state index >= 15 is 0 Å². The number of hydrogen-bond donors (Lipinski definition) is 3. The van der Waals surface area contributed by atoms with Crippen molar-refractivity contribution in [3.05, 3.63) is 82.3 Å². The number of ether oxygens (including phenoxy) is 2. The van der Waals surface area contributed by atoms with E-state index in [0.717, 1.165) is 34.7 Å². The molecule has 13 nitrogen and oxygen atoms in total. The number of methoxy groups -OCH3 is 2. The molecule has 0 spiro atoms. The summed E-state index contributed by atoms with van der Waals surface area (Å²) in [5.74, 6) is -1.33. The Morgan fingerprint density at radius 3 is 2.23 bits per heavy atom. The van der Waals surface area contributed by atoms with E-state index in [-0.39, 0.29) is 60.5 Å². The SMILES string of the molecule is CCC(C)C(C(CC(=O)N1CCCC1C(OC)C(C)C(=O)NC(Cc1ccccc1)c1nccs1)OC)N(C)C(=O)CNC(=O)C(C(C)C)N(C)Cc1ccc(NC)cc1. The Balaban J connectivity index is 1.41. The van der Waals surface area contributed by atoms with Gasteiger partial charge in [0.2, 0.25) is 23.6 Å². The minimum atomic E-state index is -0.610. The van der Waals surface area contributed by atoms with Crippen molar-refractivity contribution in [2.75, 3.05) is 53.8 Å². The maximum atomic E-state index is 14.3. The molecule has 8 atom stereocenters. The molecule has 60 heavy (non-hydrogen) atoms. The predicted molar refractivity (Wildman–Crippen MR) is 238 cm³/mol. The van der Waals surface area contributed by atoms with Crippen molar-refractivity contribution in [1.29, 1.82) is 0 Å². The van der Waals surface area contributed by atoms with Crippen molar-refractivity contribution in [2.24, 2.45) is 17.8 Å². The fourth-order valence-corrected chi connectivity index (χ4v) is 9.34. The Morgan fingerprint density at radius 1 is 0.950 bits per heavy atom. The predicted octanol–water partition coefficient (Wildman–Crippen LogP) is 5.78. The van der Waals surface area contributed by atoms with Crippen LogP contribution in [0.1, 0.15) is 82.5 Å². The van der Waals surface area contributed by atoms with Crippen LogP contribution in [0.5, 0.6) is 0 Å². The zero-order valence-corrected chi connectivity index (χ0v) is 38.2. The third-order valence-electron chi connectivity index (χ3n) is 12.1. The molecular formula is C46H69N7O6S. The Bertz CT molecular complexity index is 1780. The van der Waals surface area contributed by atoms with Gasteiger partial charge in [0, 0.05) is 58.7 Å². The smallest absolute Gasteiger partial charge is 0.242 e. The van der Waals surface area contributed by atoms with Gasteiger partial charge in [0.25, 0.3) is 0 Å². The summed E-state index contributed by atoms with van der Waals surface area (Å²) in [5.41, 5.74) is 3.18. The summed E-state index contributed by atoms with van der Waals surface area (Å²) in [6, 6.07) is 16.6. The van der Waals surface area contributed by atoms with Crippen LogP contribution in [0.25, 0.3) is 0 Å². The minimum absolute atomic E-state index is 0.000677. The Morgan fingerprint density at radius 2 is 1.65 bits per heavy atom. The Labute approximate surface area is 362 Å². The van der Waals surface area contributed by atoms with Crippen LogP contribution in [0.15, 0.2) is 66.2 Å². The van der Waals surface area contributed by atoms with E-state index in [4.69, 9.17) is 9.47 Å². The number of rotatable bonds is 23. The first-order valence-electron chi connectivity index (χ1n) is 21.3. The molecule has 1 fully saturated rings. The molecule has 4 amide bonds. The molecule has 8 unspecified atom stereocenters. The van der Waals surface area contributed by atoms with E-state index in [1.165, 1.54) is 11.3 Å². The Kier molecular flexibility index (Phi) is 19.0. The first kappa shape index (κ1) is 48.3. The fourth-order valence-electron chi connectivity index (χ4n) is 8.65. The third kappa shape index (κ3) is 12.8. The average molecular weight is 848 g/mol. The average Bonchev–Trinajstić information content (AvgIpc) is 3.97. The summed E-state index contributed by atoms with van der Waals surface area (Å²) in [6.07, 6.45) is 3.45. The molecule has 3 N–H and O–H groups in total. The quantitative estimate of drug-likeness (QED) is 0.108. The number of aromatic nitrogens is 1. The molecule has 0 aliphatic carbocycles. The molecule has 14 heteroatoms. The topological polar surface area (TPSA) is 145 Å². The lowest BCUT2D eigenvalue weighted by atomic mass is 9.90. The molecule has 1 aliphatic rings. The van der Waals surface area contributed by atoms with Crippen LogP contribution in [0.4, 0.5) is 5.69 Å². The van der Waals surface area contributed by atoms with E-state index in [0.29, 0.717) is 25.9 Å². The monoisotopic (exact) mass is 848 g/mol. The zero-order chi connectivity index (χ0) is 43.9. The van der Waals surface area contributed by atoms with Crippen LogP contribution < -0.4 is 16.0 Å². The van der Waals surface area contributed by atoms with Gasteiger partial charge in [0.05, 0.1) is 55.3 Å². The lowest BCUT2D eigenvalue weighted by Crippen LogP contribution is -2.55. The molecule has 4 rings (SSSR count). The molecular weight excluding hydrogens is 779 g/mol. The first-order valence-corrected chi connectivity index (χ1v) is 22.2. The maximum absolute atomic E-state index is 14.3. The lowest BCUT2D eigenvalue weighted by Gasteiger charge is -2.39. The van der Waals surface area contributed by atoms with Crippen molar-refractivity contribution in [3.8, 4) is 0 Å². The molecule has 1 aliphatic heterocycles. The highest BCUT2D eigenvalue weighted by atomic mass is 32.1. The molecule has 0 radical (unpaired) electrons. The number of likely N-dealkylation sites (N-methyl/N-ethyl adjacent to an activating group) is 2. The van der Waals surface area contributed by atoms with E-state index in [1.807, 2.05) is 118 Å². The molecule has 0 bridgehead atoms. The molecule has 0 saturated carbocycles. The summed E-state index contributed by atoms with van der Waals surface area (Å²) < 4.78 is 12.1. The summed E-state index contributed by atoms with van der Waals surface area (Å²) in [7, 11) is 8.69. The van der Waals surface area contributed by atoms with Gasteiger partial charge < -0.3 is 35.2 Å². The number of nitrogens with one attached hydrogen (secondary N) is 3. The molecule has 330 valence electrons. The number of carbonyl (C=O) groups is 4. The standard InChI is InChI=1S/C46H69N7O6S/c1-11-31(4)42(52(8)40(55)28-49-45(57)41(30(2)3)51(7)29-34-19-21-35(47-6)22-20-34)38(58-9)27-39(54)53-24-15-18-37(53)43(59-10)32(5)44(56)50-36(46-48-23-25-60-46)26-33-16-13-12-14-17-33/h12-14,16-17,19-23,25,30-32,36-38,41-43,47H,11,15,18,24,26-29H2,1-10H3,(H,49,57)(H,50,56). The van der Waals surface area contributed by atoms with Crippen LogP contribution in [-0.2, 0) is 41.6 Å². The highest BCUT2D eigenvalue weighted by Gasteiger charge is 2.42. The van der Waals surface area contributed by atoms with Crippen molar-refractivity contribution in [3.63, 3.8) is 0 Å². The number of benzene rings is 2. The number of carbonyl (C=O) groups excluding carboxylic acids is 4. The van der Waals surface area contributed by atoms with Gasteiger partial charge in [-0.1, -0.05) is 83.5 Å². The summed E-state index contributed by atoms with van der Waals surface area (Å²) in [5, 5.41) is 12.0. The highest BCUT2D eigenvalue weighted by Crippen LogP contribution is 2.30. The highest BCUT2D eigenvalue weighted by molar-refractivity contribution is 7.09. The summed E-state index contributed by atoms with van der Waals surface area (Å²) >= 11 is 1.50. The van der Waals surface area contributed by atoms with Crippen molar-refractivity contribution in [1.82, 2.24) is 30.3 Å². The molecule has 1 saturated heterocycles. The summed E-state index contributed by atoms with van der Waals surface area (Å²) in [6.45, 7) is 10.9. The fraction of sp³-hybridized carbons (Fsp3) is 0.587. The second-order valence-electron chi connectivity index (χ2n) is 16.5. The van der Waals surface area contributed by atoms with Crippen molar-refractivity contribution >= 4 is 40.7 Å². The normalized spacial score (nSPS) is 17.7. The third-order valence-corrected chi connectivity index (χ3v) is 13.0. The minimum Gasteiger partial charge on any atom is -0.388 e. The van der Waals surface area contributed by atoms with Gasteiger partial charge in [0.1, 0.15) is 5.01 Å². The van der Waals surface area contributed by atoms with Crippen LogP contribution in [-0.4, -0.2) is 122 Å². The number of anilines is 1. The van der Waals surface area contributed by atoms with Gasteiger partial charge in [-0.05, 0) is 61.4 Å². The van der Waals surface area contributed by atoms with Crippen molar-refractivity contribution < 1.29 is 28.7 Å². The first-order chi connectivity index (χ1) is 28.7. The number of thiazole rings is 1. The summed E-state index contributed by atoms with van der Waals surface area (Å²) in [4.78, 5) is 65.6. The van der Waals surface area contributed by atoms with Crippen LogP contribution in [0.3, 0.4) is 0 Å². The number of likely N-dealkylation sites (tertiary alicyclic amines) is 1. The molecule has 2 aromatic carbocycles. The molecule has 1 aromatic heterocycles. The zero-order valence-electron chi connectivity index (χ0n) is 37.4. The van der Waals surface area contributed by atoms with Crippen LogP contribution in [0, 0.1) is 17.8 Å². The molecule has 2 heterocycles.